The third-order valence-corrected chi connectivity index (χ3v) is 5.97. The van der Waals surface area contributed by atoms with Gasteiger partial charge in [-0.2, -0.15) is 4.98 Å². The molecule has 1 fully saturated rings. The number of nitrogens with zero attached hydrogens (tertiary/aromatic N) is 3. The number of carbonyl (C=O) groups is 1. The maximum absolute atomic E-state index is 13.2. The third kappa shape index (κ3) is 4.47. The maximum atomic E-state index is 13.2. The molecular weight excluding hydrogens is 406 g/mol. The van der Waals surface area contributed by atoms with Crippen LogP contribution in [0.25, 0.3) is 11.4 Å². The second-order valence-electron chi connectivity index (χ2n) is 8.39. The molecule has 1 saturated heterocycles. The van der Waals surface area contributed by atoms with Gasteiger partial charge in [0.15, 0.2) is 0 Å². The molecule has 0 bridgehead atoms. The van der Waals surface area contributed by atoms with Crippen molar-refractivity contribution in [3.63, 3.8) is 0 Å². The Morgan fingerprint density at radius 3 is 2.59 bits per heavy atom. The zero-order valence-electron chi connectivity index (χ0n) is 19.0. The van der Waals surface area contributed by atoms with Crippen LogP contribution >= 0.6 is 0 Å². The van der Waals surface area contributed by atoms with Crippen molar-refractivity contribution in [3.05, 3.63) is 59.5 Å². The van der Waals surface area contributed by atoms with Crippen molar-refractivity contribution in [2.24, 2.45) is 0 Å². The Hall–Kier alpha value is -3.35. The van der Waals surface area contributed by atoms with Crippen LogP contribution in [0.3, 0.4) is 0 Å². The summed E-state index contributed by atoms with van der Waals surface area (Å²) in [5, 5.41) is 4.19. The minimum atomic E-state index is -0.0711. The molecule has 0 unspecified atom stereocenters. The average Bonchev–Trinajstić information content (AvgIpc) is 3.33. The molecule has 1 amide bonds. The molecule has 1 aliphatic rings. The Bertz CT molecular complexity index is 1080. The molecule has 7 nitrogen and oxygen atoms in total. The molecule has 168 valence electrons. The first-order chi connectivity index (χ1) is 15.5. The summed E-state index contributed by atoms with van der Waals surface area (Å²) < 4.78 is 16.3. The first-order valence-electron chi connectivity index (χ1n) is 11.0. The van der Waals surface area contributed by atoms with Gasteiger partial charge in [0, 0.05) is 24.7 Å². The number of ether oxygens (including phenoxy) is 2. The van der Waals surface area contributed by atoms with E-state index in [4.69, 9.17) is 14.0 Å². The van der Waals surface area contributed by atoms with E-state index in [-0.39, 0.29) is 11.8 Å². The number of methoxy groups -OCH3 is 2. The molecule has 2 aromatic carbocycles. The highest BCUT2D eigenvalue weighted by Crippen LogP contribution is 2.31. The van der Waals surface area contributed by atoms with Gasteiger partial charge in [0.05, 0.1) is 25.7 Å². The van der Waals surface area contributed by atoms with E-state index in [1.807, 2.05) is 17.0 Å². The minimum Gasteiger partial charge on any atom is -0.497 e. The molecule has 0 spiro atoms. The fraction of sp³-hybridized carbons (Fsp3) is 0.400. The molecule has 3 aromatic rings. The quantitative estimate of drug-likeness (QED) is 0.548. The van der Waals surface area contributed by atoms with E-state index in [1.54, 1.807) is 32.4 Å². The summed E-state index contributed by atoms with van der Waals surface area (Å²) in [5.74, 6) is 2.71. The predicted octanol–water partition coefficient (Wildman–Crippen LogP) is 4.90. The average molecular weight is 436 g/mol. The maximum Gasteiger partial charge on any atom is 0.257 e. The Morgan fingerprint density at radius 1 is 1.12 bits per heavy atom. The molecule has 0 N–H and O–H groups in total. The van der Waals surface area contributed by atoms with E-state index in [9.17, 15) is 4.79 Å². The highest BCUT2D eigenvalue weighted by molar-refractivity contribution is 5.97. The van der Waals surface area contributed by atoms with Gasteiger partial charge < -0.3 is 18.9 Å². The number of hydrogen-bond acceptors (Lipinski definition) is 6. The van der Waals surface area contributed by atoms with Crippen molar-refractivity contribution in [1.29, 1.82) is 0 Å². The number of aromatic nitrogens is 2. The van der Waals surface area contributed by atoms with Crippen LogP contribution in [0, 0.1) is 0 Å². The Morgan fingerprint density at radius 2 is 1.91 bits per heavy atom. The molecule has 7 heteroatoms. The molecule has 1 atom stereocenters. The number of amides is 1. The lowest BCUT2D eigenvalue weighted by atomic mass is 9.97. The van der Waals surface area contributed by atoms with E-state index >= 15 is 0 Å². The molecular formula is C25H29N3O4. The molecule has 1 aromatic heterocycles. The summed E-state index contributed by atoms with van der Waals surface area (Å²) in [6.07, 6.45) is 1.77. The van der Waals surface area contributed by atoms with Gasteiger partial charge in [0.25, 0.3) is 5.91 Å². The monoisotopic (exact) mass is 435 g/mol. The molecule has 0 saturated carbocycles. The Balaban J connectivity index is 1.49. The number of benzene rings is 2. The minimum absolute atomic E-state index is 0.00753. The van der Waals surface area contributed by atoms with Crippen molar-refractivity contribution in [3.8, 4) is 22.9 Å². The number of rotatable bonds is 6. The largest absolute Gasteiger partial charge is 0.497 e. The van der Waals surface area contributed by atoms with Gasteiger partial charge in [0.2, 0.25) is 11.7 Å². The van der Waals surface area contributed by atoms with Crippen molar-refractivity contribution >= 4 is 5.91 Å². The summed E-state index contributed by atoms with van der Waals surface area (Å²) >= 11 is 0. The zero-order valence-corrected chi connectivity index (χ0v) is 19.0. The van der Waals surface area contributed by atoms with Crippen molar-refractivity contribution in [2.75, 3.05) is 27.3 Å². The van der Waals surface area contributed by atoms with Gasteiger partial charge >= 0.3 is 0 Å². The van der Waals surface area contributed by atoms with E-state index in [1.165, 1.54) is 5.56 Å². The summed E-state index contributed by atoms with van der Waals surface area (Å²) in [7, 11) is 3.14. The van der Waals surface area contributed by atoms with Gasteiger partial charge in [-0.15, -0.1) is 0 Å². The fourth-order valence-electron chi connectivity index (χ4n) is 4.04. The topological polar surface area (TPSA) is 77.7 Å². The first-order valence-corrected chi connectivity index (χ1v) is 11.0. The molecule has 4 rings (SSSR count). The van der Waals surface area contributed by atoms with Gasteiger partial charge in [-0.05, 0) is 36.5 Å². The van der Waals surface area contributed by atoms with E-state index in [2.05, 4.69) is 36.1 Å². The van der Waals surface area contributed by atoms with Crippen LogP contribution in [0.1, 0.15) is 60.3 Å². The molecule has 2 heterocycles. The highest BCUT2D eigenvalue weighted by Gasteiger charge is 2.30. The van der Waals surface area contributed by atoms with Crippen LogP contribution in [0.15, 0.2) is 47.0 Å². The molecule has 1 aliphatic heterocycles. The standard InChI is InChI=1S/C25H29N3O4/c1-16(2)17-7-9-18(10-8-17)23-26-24(32-27-23)19-6-5-13-28(15-19)25(29)21-12-11-20(30-3)14-22(21)31-4/h7-12,14,16,19H,5-6,13,15H2,1-4H3/t19-/m0/s1. The summed E-state index contributed by atoms with van der Waals surface area (Å²) in [5.41, 5.74) is 2.72. The molecule has 0 aliphatic carbocycles. The zero-order chi connectivity index (χ0) is 22.7. The number of hydrogen-bond donors (Lipinski definition) is 0. The Kier molecular flexibility index (Phi) is 6.44. The van der Waals surface area contributed by atoms with Crippen LogP contribution < -0.4 is 9.47 Å². The summed E-state index contributed by atoms with van der Waals surface area (Å²) in [6, 6.07) is 13.5. The van der Waals surface area contributed by atoms with Crippen molar-refractivity contribution in [2.45, 2.75) is 38.5 Å². The van der Waals surface area contributed by atoms with Gasteiger partial charge in [-0.25, -0.2) is 0 Å². The highest BCUT2D eigenvalue weighted by atomic mass is 16.5. The molecule has 32 heavy (non-hydrogen) atoms. The normalized spacial score (nSPS) is 16.3. The van der Waals surface area contributed by atoms with Crippen LogP contribution in [-0.4, -0.2) is 48.3 Å². The smallest absolute Gasteiger partial charge is 0.257 e. The van der Waals surface area contributed by atoms with Crippen molar-refractivity contribution in [1.82, 2.24) is 15.0 Å². The summed E-state index contributed by atoms with van der Waals surface area (Å²) in [4.78, 5) is 19.7. The van der Waals surface area contributed by atoms with E-state index in [0.29, 0.717) is 47.8 Å². The lowest BCUT2D eigenvalue weighted by molar-refractivity contribution is 0.0692. The van der Waals surface area contributed by atoms with Crippen LogP contribution in [0.5, 0.6) is 11.5 Å². The Labute approximate surface area is 188 Å². The first kappa shape index (κ1) is 21.9. The lowest BCUT2D eigenvalue weighted by Crippen LogP contribution is -2.39. The molecule has 0 radical (unpaired) electrons. The second kappa shape index (κ2) is 9.42. The van der Waals surface area contributed by atoms with Crippen LogP contribution in [0.4, 0.5) is 0 Å². The predicted molar refractivity (Wildman–Crippen MR) is 121 cm³/mol. The third-order valence-electron chi connectivity index (χ3n) is 5.97. The van der Waals surface area contributed by atoms with Gasteiger partial charge in [-0.1, -0.05) is 43.3 Å². The van der Waals surface area contributed by atoms with Crippen LogP contribution in [0.2, 0.25) is 0 Å². The lowest BCUT2D eigenvalue weighted by Gasteiger charge is -2.31. The van der Waals surface area contributed by atoms with Crippen LogP contribution in [-0.2, 0) is 0 Å². The van der Waals surface area contributed by atoms with Gasteiger partial charge in [-0.3, -0.25) is 4.79 Å². The van der Waals surface area contributed by atoms with Gasteiger partial charge in [0.1, 0.15) is 11.5 Å². The van der Waals surface area contributed by atoms with Crippen molar-refractivity contribution < 1.29 is 18.8 Å². The van der Waals surface area contributed by atoms with E-state index in [0.717, 1.165) is 18.4 Å². The number of likely N-dealkylation sites (tertiary alicyclic amines) is 1. The second-order valence-corrected chi connectivity index (χ2v) is 8.39. The number of piperidine rings is 1. The number of carbonyl (C=O) groups excluding carboxylic acids is 1. The fourth-order valence-corrected chi connectivity index (χ4v) is 4.04. The summed E-state index contributed by atoms with van der Waals surface area (Å²) in [6.45, 7) is 5.54. The SMILES string of the molecule is COc1ccc(C(=O)N2CCC[C@H](c3nc(-c4ccc(C(C)C)cc4)no3)C2)c(OC)c1. The van der Waals surface area contributed by atoms with E-state index < -0.39 is 0 Å².